The van der Waals surface area contributed by atoms with E-state index in [9.17, 15) is 0 Å². The van der Waals surface area contributed by atoms with Gasteiger partial charge in [-0.1, -0.05) is 74.5 Å². The van der Waals surface area contributed by atoms with Crippen LogP contribution in [0.1, 0.15) is 43.9 Å². The Hall–Kier alpha value is -1.60. The van der Waals surface area contributed by atoms with Gasteiger partial charge in [-0.25, -0.2) is 0 Å². The van der Waals surface area contributed by atoms with Gasteiger partial charge in [-0.3, -0.25) is 4.90 Å². The Morgan fingerprint density at radius 3 is 1.45 bits per heavy atom. The lowest BCUT2D eigenvalue weighted by atomic mass is 9.96. The molecule has 2 aromatic rings. The van der Waals surface area contributed by atoms with Gasteiger partial charge in [-0.05, 0) is 37.1 Å². The van der Waals surface area contributed by atoms with Crippen molar-refractivity contribution in [1.82, 2.24) is 4.90 Å². The molecule has 2 aromatic carbocycles. The van der Waals surface area contributed by atoms with Gasteiger partial charge in [0.15, 0.2) is 0 Å². The molecule has 0 radical (unpaired) electrons. The van der Waals surface area contributed by atoms with Crippen LogP contribution in [0.5, 0.6) is 0 Å². The van der Waals surface area contributed by atoms with Gasteiger partial charge in [0.25, 0.3) is 0 Å². The Balaban J connectivity index is 2.38. The Kier molecular flexibility index (Phi) is 5.82. The summed E-state index contributed by atoms with van der Waals surface area (Å²) in [4.78, 5) is 2.60. The third kappa shape index (κ3) is 3.71. The van der Waals surface area contributed by atoms with Gasteiger partial charge < -0.3 is 0 Å². The summed E-state index contributed by atoms with van der Waals surface area (Å²) in [5.74, 6) is 0. The lowest BCUT2D eigenvalue weighted by Crippen LogP contribution is -2.31. The highest BCUT2D eigenvalue weighted by atomic mass is 15.1. The van der Waals surface area contributed by atoms with Crippen LogP contribution in [0, 0.1) is 0 Å². The molecular weight excluding hydrogens is 242 g/mol. The Morgan fingerprint density at radius 2 is 1.10 bits per heavy atom. The standard InChI is InChI=1S/C19H25N/c1-3-15-20(16-4-2)19(17-11-7-5-8-12-17)18-13-9-6-10-14-18/h5-14,19H,3-4,15-16H2,1-2H3. The van der Waals surface area contributed by atoms with E-state index >= 15 is 0 Å². The second-order valence-electron chi connectivity index (χ2n) is 5.26. The van der Waals surface area contributed by atoms with E-state index in [-0.39, 0.29) is 0 Å². The second-order valence-corrected chi connectivity index (χ2v) is 5.26. The smallest absolute Gasteiger partial charge is 0.0601 e. The zero-order chi connectivity index (χ0) is 14.2. The van der Waals surface area contributed by atoms with Crippen molar-refractivity contribution in [2.75, 3.05) is 13.1 Å². The van der Waals surface area contributed by atoms with Gasteiger partial charge in [-0.15, -0.1) is 0 Å². The largest absolute Gasteiger partial charge is 0.292 e. The molecule has 0 aliphatic carbocycles. The van der Waals surface area contributed by atoms with Crippen LogP contribution < -0.4 is 0 Å². The van der Waals surface area contributed by atoms with Crippen molar-refractivity contribution >= 4 is 0 Å². The minimum atomic E-state index is 0.372. The van der Waals surface area contributed by atoms with E-state index in [1.807, 2.05) is 0 Å². The normalized spacial score (nSPS) is 11.2. The maximum Gasteiger partial charge on any atom is 0.0601 e. The average Bonchev–Trinajstić information content (AvgIpc) is 2.50. The second kappa shape index (κ2) is 7.86. The SMILES string of the molecule is CCCN(CCC)C(c1ccccc1)c1ccccc1. The van der Waals surface area contributed by atoms with Crippen LogP contribution in [0.3, 0.4) is 0 Å². The first-order valence-corrected chi connectivity index (χ1v) is 7.70. The van der Waals surface area contributed by atoms with Crippen LogP contribution in [0.25, 0.3) is 0 Å². The van der Waals surface area contributed by atoms with Crippen molar-refractivity contribution in [3.05, 3.63) is 71.8 Å². The number of hydrogen-bond acceptors (Lipinski definition) is 1. The molecule has 20 heavy (non-hydrogen) atoms. The molecule has 0 aromatic heterocycles. The minimum Gasteiger partial charge on any atom is -0.292 e. The predicted molar refractivity (Wildman–Crippen MR) is 86.9 cm³/mol. The highest BCUT2D eigenvalue weighted by Gasteiger charge is 2.20. The van der Waals surface area contributed by atoms with E-state index < -0.39 is 0 Å². The minimum absolute atomic E-state index is 0.372. The molecular formula is C19H25N. The summed E-state index contributed by atoms with van der Waals surface area (Å²) < 4.78 is 0. The van der Waals surface area contributed by atoms with Gasteiger partial charge in [0.05, 0.1) is 6.04 Å². The number of nitrogens with zero attached hydrogens (tertiary/aromatic N) is 1. The summed E-state index contributed by atoms with van der Waals surface area (Å²) in [6.45, 7) is 6.80. The maximum atomic E-state index is 2.60. The van der Waals surface area contributed by atoms with Gasteiger partial charge in [0, 0.05) is 0 Å². The van der Waals surface area contributed by atoms with Crippen LogP contribution in [-0.4, -0.2) is 18.0 Å². The first-order chi connectivity index (χ1) is 9.86. The number of hydrogen-bond donors (Lipinski definition) is 0. The third-order valence-corrected chi connectivity index (χ3v) is 3.62. The zero-order valence-electron chi connectivity index (χ0n) is 12.6. The van der Waals surface area contributed by atoms with Crippen LogP contribution in [0.2, 0.25) is 0 Å². The lowest BCUT2D eigenvalue weighted by molar-refractivity contribution is 0.226. The molecule has 0 aliphatic rings. The van der Waals surface area contributed by atoms with Crippen molar-refractivity contribution < 1.29 is 0 Å². The Bertz CT molecular complexity index is 432. The monoisotopic (exact) mass is 267 g/mol. The van der Waals surface area contributed by atoms with E-state index in [1.165, 1.54) is 24.0 Å². The molecule has 2 rings (SSSR count). The fourth-order valence-corrected chi connectivity index (χ4v) is 2.83. The Morgan fingerprint density at radius 1 is 0.700 bits per heavy atom. The van der Waals surface area contributed by atoms with Crippen LogP contribution >= 0.6 is 0 Å². The van der Waals surface area contributed by atoms with Crippen LogP contribution in [0.15, 0.2) is 60.7 Å². The molecule has 0 unspecified atom stereocenters. The summed E-state index contributed by atoms with van der Waals surface area (Å²) >= 11 is 0. The highest BCUT2D eigenvalue weighted by Crippen LogP contribution is 2.28. The third-order valence-electron chi connectivity index (χ3n) is 3.62. The molecule has 0 bridgehead atoms. The van der Waals surface area contributed by atoms with Crippen LogP contribution in [-0.2, 0) is 0 Å². The first kappa shape index (κ1) is 14.8. The predicted octanol–water partition coefficient (Wildman–Crippen LogP) is 4.90. The van der Waals surface area contributed by atoms with Crippen molar-refractivity contribution in [2.24, 2.45) is 0 Å². The molecule has 1 nitrogen and oxygen atoms in total. The first-order valence-electron chi connectivity index (χ1n) is 7.70. The summed E-state index contributed by atoms with van der Waals surface area (Å²) in [5, 5.41) is 0. The molecule has 0 amide bonds. The van der Waals surface area contributed by atoms with Crippen molar-refractivity contribution in [1.29, 1.82) is 0 Å². The summed E-state index contributed by atoms with van der Waals surface area (Å²) in [6, 6.07) is 22.1. The number of rotatable bonds is 7. The molecule has 0 aliphatic heterocycles. The molecule has 0 atom stereocenters. The topological polar surface area (TPSA) is 3.24 Å². The molecule has 0 saturated carbocycles. The van der Waals surface area contributed by atoms with E-state index in [0.717, 1.165) is 13.1 Å². The van der Waals surface area contributed by atoms with Gasteiger partial charge in [-0.2, -0.15) is 0 Å². The maximum absolute atomic E-state index is 2.60. The van der Waals surface area contributed by atoms with Gasteiger partial charge in [0.2, 0.25) is 0 Å². The summed E-state index contributed by atoms with van der Waals surface area (Å²) in [5.41, 5.74) is 2.78. The average molecular weight is 267 g/mol. The highest BCUT2D eigenvalue weighted by molar-refractivity contribution is 5.31. The van der Waals surface area contributed by atoms with E-state index in [2.05, 4.69) is 79.4 Å². The van der Waals surface area contributed by atoms with E-state index in [0.29, 0.717) is 6.04 Å². The van der Waals surface area contributed by atoms with Crippen molar-refractivity contribution in [3.8, 4) is 0 Å². The summed E-state index contributed by atoms with van der Waals surface area (Å²) in [6.07, 6.45) is 2.38. The van der Waals surface area contributed by atoms with E-state index in [1.54, 1.807) is 0 Å². The molecule has 0 saturated heterocycles. The lowest BCUT2D eigenvalue weighted by Gasteiger charge is -2.32. The summed E-state index contributed by atoms with van der Waals surface area (Å²) in [7, 11) is 0. The fraction of sp³-hybridized carbons (Fsp3) is 0.368. The molecule has 0 N–H and O–H groups in total. The molecule has 1 heteroatoms. The molecule has 0 spiro atoms. The molecule has 0 fully saturated rings. The molecule has 106 valence electrons. The van der Waals surface area contributed by atoms with Crippen LogP contribution in [0.4, 0.5) is 0 Å². The van der Waals surface area contributed by atoms with Gasteiger partial charge in [0.1, 0.15) is 0 Å². The van der Waals surface area contributed by atoms with E-state index in [4.69, 9.17) is 0 Å². The number of benzene rings is 2. The van der Waals surface area contributed by atoms with Gasteiger partial charge >= 0.3 is 0 Å². The molecule has 0 heterocycles. The fourth-order valence-electron chi connectivity index (χ4n) is 2.83. The van der Waals surface area contributed by atoms with Crippen molar-refractivity contribution in [2.45, 2.75) is 32.7 Å². The van der Waals surface area contributed by atoms with Crippen molar-refractivity contribution in [3.63, 3.8) is 0 Å². The Labute approximate surface area is 123 Å². The quantitative estimate of drug-likeness (QED) is 0.690. The zero-order valence-corrected chi connectivity index (χ0v) is 12.6.